The van der Waals surface area contributed by atoms with Crippen LogP contribution in [0.2, 0.25) is 0 Å². The number of hydrogen-bond acceptors (Lipinski definition) is 5. The van der Waals surface area contributed by atoms with E-state index < -0.39 is 23.6 Å². The smallest absolute Gasteiger partial charge is 0.480 e. The van der Waals surface area contributed by atoms with E-state index in [4.69, 9.17) is 9.57 Å². The van der Waals surface area contributed by atoms with Gasteiger partial charge < -0.3 is 14.7 Å². The number of carbonyl (C=O) groups excluding carboxylic acids is 1. The molecule has 0 fully saturated rings. The van der Waals surface area contributed by atoms with Gasteiger partial charge in [0.15, 0.2) is 0 Å². The first kappa shape index (κ1) is 18.9. The van der Waals surface area contributed by atoms with Gasteiger partial charge >= 0.3 is 12.1 Å². The highest BCUT2D eigenvalue weighted by Gasteiger charge is 2.33. The van der Waals surface area contributed by atoms with Crippen LogP contribution in [0.15, 0.2) is 48.5 Å². The van der Waals surface area contributed by atoms with Gasteiger partial charge in [-0.05, 0) is 27.7 Å². The van der Waals surface area contributed by atoms with Crippen LogP contribution < -0.4 is 5.48 Å². The Hall–Kier alpha value is -2.86. The minimum atomic E-state index is -1.10. The second-order valence-electron chi connectivity index (χ2n) is 7.65. The molecule has 2 aromatic carbocycles. The molecule has 2 N–H and O–H groups in total. The molecule has 0 bridgehead atoms. The molecular formula is C21H23NO5. The number of aliphatic carboxylic acids is 1. The van der Waals surface area contributed by atoms with Gasteiger partial charge in [0.2, 0.25) is 0 Å². The van der Waals surface area contributed by atoms with E-state index in [1.54, 1.807) is 20.8 Å². The molecule has 0 unspecified atom stereocenters. The average Bonchev–Trinajstić information content (AvgIpc) is 2.93. The highest BCUT2D eigenvalue weighted by Crippen LogP contribution is 2.44. The van der Waals surface area contributed by atoms with Crippen LogP contribution in [0.1, 0.15) is 37.8 Å². The molecule has 0 aromatic heterocycles. The third-order valence-corrected chi connectivity index (χ3v) is 4.70. The quantitative estimate of drug-likeness (QED) is 0.613. The fourth-order valence-electron chi connectivity index (χ4n) is 3.32. The first-order valence-electron chi connectivity index (χ1n) is 8.79. The van der Waals surface area contributed by atoms with E-state index in [1.165, 1.54) is 0 Å². The van der Waals surface area contributed by atoms with Crippen molar-refractivity contribution in [1.82, 2.24) is 5.48 Å². The van der Waals surface area contributed by atoms with E-state index in [1.807, 2.05) is 36.4 Å². The molecule has 1 atom stereocenters. The predicted molar refractivity (Wildman–Crippen MR) is 100 cm³/mol. The Morgan fingerprint density at radius 3 is 2.04 bits per heavy atom. The summed E-state index contributed by atoms with van der Waals surface area (Å²) in [6.45, 7) is 5.32. The number of benzene rings is 2. The molecule has 1 aliphatic carbocycles. The van der Waals surface area contributed by atoms with Gasteiger partial charge in [-0.2, -0.15) is 0 Å². The highest BCUT2D eigenvalue weighted by molar-refractivity contribution is 5.79. The number of nitrogens with one attached hydrogen (secondary N) is 1. The third kappa shape index (κ3) is 3.95. The Morgan fingerprint density at radius 2 is 1.56 bits per heavy atom. The SMILES string of the molecule is CC(C)(C)[C@H](NOC(=O)OCC1c2ccccc2-c2ccccc21)C(=O)O. The maximum atomic E-state index is 12.0. The Kier molecular flexibility index (Phi) is 5.19. The first-order chi connectivity index (χ1) is 12.8. The second kappa shape index (κ2) is 7.40. The van der Waals surface area contributed by atoms with Crippen molar-refractivity contribution in [2.45, 2.75) is 32.7 Å². The molecular weight excluding hydrogens is 346 g/mol. The molecule has 6 heteroatoms. The number of carboxylic acid groups (broad SMARTS) is 1. The van der Waals surface area contributed by atoms with Gasteiger partial charge in [0.25, 0.3) is 0 Å². The van der Waals surface area contributed by atoms with Crippen molar-refractivity contribution >= 4 is 12.1 Å². The van der Waals surface area contributed by atoms with Crippen LogP contribution in [0, 0.1) is 5.41 Å². The molecule has 142 valence electrons. The Balaban J connectivity index is 1.65. The molecule has 3 rings (SSSR count). The summed E-state index contributed by atoms with van der Waals surface area (Å²) in [5.41, 5.74) is 6.12. The maximum Gasteiger partial charge on any atom is 0.527 e. The summed E-state index contributed by atoms with van der Waals surface area (Å²) in [5.74, 6) is -1.18. The Labute approximate surface area is 158 Å². The van der Waals surface area contributed by atoms with Crippen LogP contribution in [-0.2, 0) is 14.4 Å². The Bertz CT molecular complexity index is 810. The minimum absolute atomic E-state index is 0.0807. The van der Waals surface area contributed by atoms with E-state index in [0.717, 1.165) is 22.3 Å². The summed E-state index contributed by atoms with van der Waals surface area (Å²) >= 11 is 0. The van der Waals surface area contributed by atoms with Crippen LogP contribution in [0.4, 0.5) is 4.79 Å². The van der Waals surface area contributed by atoms with E-state index in [-0.39, 0.29) is 12.5 Å². The lowest BCUT2D eigenvalue weighted by atomic mass is 9.87. The van der Waals surface area contributed by atoms with Gasteiger partial charge in [0.1, 0.15) is 12.6 Å². The monoisotopic (exact) mass is 369 g/mol. The van der Waals surface area contributed by atoms with Gasteiger partial charge in [-0.15, -0.1) is 5.48 Å². The molecule has 27 heavy (non-hydrogen) atoms. The van der Waals surface area contributed by atoms with Gasteiger partial charge in [-0.3, -0.25) is 4.79 Å². The normalized spacial score (nSPS) is 14.2. The van der Waals surface area contributed by atoms with E-state index in [0.29, 0.717) is 0 Å². The van der Waals surface area contributed by atoms with E-state index in [2.05, 4.69) is 17.6 Å². The lowest BCUT2D eigenvalue weighted by molar-refractivity contribution is -0.147. The molecule has 0 saturated heterocycles. The lowest BCUT2D eigenvalue weighted by Gasteiger charge is -2.26. The summed E-state index contributed by atoms with van der Waals surface area (Å²) in [6.07, 6.45) is -0.952. The van der Waals surface area contributed by atoms with Crippen molar-refractivity contribution in [2.24, 2.45) is 5.41 Å². The summed E-state index contributed by atoms with van der Waals surface area (Å²) < 4.78 is 5.27. The average molecular weight is 369 g/mol. The standard InChI is InChI=1S/C21H23NO5/c1-21(2,3)18(19(23)24)22-27-20(25)26-12-17-15-10-6-4-8-13(15)14-9-5-7-11-16(14)17/h4-11,17-18,22H,12H2,1-3H3,(H,23,24)/t18-/m1/s1. The van der Waals surface area contributed by atoms with Crippen molar-refractivity contribution in [3.05, 3.63) is 59.7 Å². The van der Waals surface area contributed by atoms with Gasteiger partial charge in [0, 0.05) is 5.92 Å². The zero-order chi connectivity index (χ0) is 19.6. The molecule has 0 amide bonds. The summed E-state index contributed by atoms with van der Waals surface area (Å²) in [7, 11) is 0. The minimum Gasteiger partial charge on any atom is -0.480 e. The second-order valence-corrected chi connectivity index (χ2v) is 7.65. The number of rotatable bonds is 5. The van der Waals surface area contributed by atoms with Crippen LogP contribution in [0.25, 0.3) is 11.1 Å². The first-order valence-corrected chi connectivity index (χ1v) is 8.79. The summed E-state index contributed by atoms with van der Waals surface area (Å²) in [5, 5.41) is 9.25. The van der Waals surface area contributed by atoms with Gasteiger partial charge in [0.05, 0.1) is 0 Å². The van der Waals surface area contributed by atoms with Crippen molar-refractivity contribution in [1.29, 1.82) is 0 Å². The topological polar surface area (TPSA) is 84.9 Å². The number of hydrogen-bond donors (Lipinski definition) is 2. The van der Waals surface area contributed by atoms with Crippen molar-refractivity contribution in [2.75, 3.05) is 6.61 Å². The molecule has 0 aliphatic heterocycles. The van der Waals surface area contributed by atoms with Crippen molar-refractivity contribution < 1.29 is 24.3 Å². The summed E-state index contributed by atoms with van der Waals surface area (Å²) in [4.78, 5) is 28.1. The van der Waals surface area contributed by atoms with E-state index in [9.17, 15) is 14.7 Å². The number of carboxylic acids is 1. The van der Waals surface area contributed by atoms with Gasteiger partial charge in [-0.1, -0.05) is 69.3 Å². The number of carbonyl (C=O) groups is 2. The molecule has 2 aromatic rings. The van der Waals surface area contributed by atoms with Crippen LogP contribution >= 0.6 is 0 Å². The highest BCUT2D eigenvalue weighted by atomic mass is 16.8. The fraction of sp³-hybridized carbons (Fsp3) is 0.333. The lowest BCUT2D eigenvalue weighted by Crippen LogP contribution is -2.47. The van der Waals surface area contributed by atoms with Crippen molar-refractivity contribution in [3.63, 3.8) is 0 Å². The zero-order valence-corrected chi connectivity index (χ0v) is 15.6. The summed E-state index contributed by atoms with van der Waals surface area (Å²) in [6, 6.07) is 15.0. The van der Waals surface area contributed by atoms with Crippen LogP contribution in [0.3, 0.4) is 0 Å². The zero-order valence-electron chi connectivity index (χ0n) is 15.6. The predicted octanol–water partition coefficient (Wildman–Crippen LogP) is 3.96. The number of ether oxygens (including phenoxy) is 1. The van der Waals surface area contributed by atoms with Crippen LogP contribution in [0.5, 0.6) is 0 Å². The van der Waals surface area contributed by atoms with Crippen LogP contribution in [-0.4, -0.2) is 29.9 Å². The number of hydroxylamine groups is 1. The third-order valence-electron chi connectivity index (χ3n) is 4.70. The number of fused-ring (bicyclic) bond motifs is 3. The molecule has 0 spiro atoms. The van der Waals surface area contributed by atoms with Gasteiger partial charge in [-0.25, -0.2) is 4.79 Å². The molecule has 0 radical (unpaired) electrons. The fourth-order valence-corrected chi connectivity index (χ4v) is 3.32. The Morgan fingerprint density at radius 1 is 1.04 bits per heavy atom. The largest absolute Gasteiger partial charge is 0.527 e. The van der Waals surface area contributed by atoms with Crippen molar-refractivity contribution in [3.8, 4) is 11.1 Å². The van der Waals surface area contributed by atoms with E-state index >= 15 is 0 Å². The molecule has 0 saturated carbocycles. The molecule has 0 heterocycles. The molecule has 6 nitrogen and oxygen atoms in total. The molecule has 1 aliphatic rings. The maximum absolute atomic E-state index is 12.0.